The highest BCUT2D eigenvalue weighted by atomic mass is 79.9. The van der Waals surface area contributed by atoms with Crippen LogP contribution in [0.15, 0.2) is 22.9 Å². The molecule has 2 aromatic heterocycles. The normalized spacial score (nSPS) is 17.0. The van der Waals surface area contributed by atoms with Crippen LogP contribution in [0.2, 0.25) is 0 Å². The molecule has 1 aliphatic rings. The van der Waals surface area contributed by atoms with E-state index in [0.29, 0.717) is 11.9 Å². The van der Waals surface area contributed by atoms with E-state index in [1.54, 1.807) is 26.6 Å². The average molecular weight is 452 g/mol. The third-order valence-corrected chi connectivity index (χ3v) is 5.75. The third kappa shape index (κ3) is 5.01. The van der Waals surface area contributed by atoms with Crippen LogP contribution in [0.5, 0.6) is 11.9 Å². The molecule has 0 saturated carbocycles. The number of aromatic nitrogens is 3. The standard InChI is InChI=1S/C12H19BN2O3.C7H8BrNO/c1-8-9(7-14-10(15-8)16-6)13-17-11(2,3)12(4,5)18-13;1-5-3-7(10-2)9-4-6(5)8/h7H,1-6H3;3-4H,1-2H3. The van der Waals surface area contributed by atoms with Gasteiger partial charge in [-0.15, -0.1) is 0 Å². The maximum Gasteiger partial charge on any atom is 0.498 e. The molecule has 28 heavy (non-hydrogen) atoms. The number of halogens is 1. The van der Waals surface area contributed by atoms with Crippen LogP contribution in [0, 0.1) is 13.8 Å². The van der Waals surface area contributed by atoms with Crippen molar-refractivity contribution in [3.05, 3.63) is 34.2 Å². The Morgan fingerprint density at radius 1 is 0.964 bits per heavy atom. The highest BCUT2D eigenvalue weighted by Gasteiger charge is 2.52. The van der Waals surface area contributed by atoms with Gasteiger partial charge in [0.2, 0.25) is 5.88 Å². The minimum atomic E-state index is -0.430. The van der Waals surface area contributed by atoms with Crippen molar-refractivity contribution in [1.82, 2.24) is 15.0 Å². The molecule has 0 spiro atoms. The monoisotopic (exact) mass is 451 g/mol. The second-order valence-corrected chi connectivity index (χ2v) is 8.32. The number of rotatable bonds is 3. The molecule has 0 radical (unpaired) electrons. The molecule has 0 aromatic carbocycles. The van der Waals surface area contributed by atoms with Crippen molar-refractivity contribution in [3.63, 3.8) is 0 Å². The molecular formula is C19H27BBrN3O4. The molecule has 1 aliphatic heterocycles. The second kappa shape index (κ2) is 8.76. The lowest BCUT2D eigenvalue weighted by atomic mass is 9.79. The molecule has 9 heteroatoms. The Balaban J connectivity index is 0.000000237. The van der Waals surface area contributed by atoms with Gasteiger partial charge in [0, 0.05) is 34.1 Å². The average Bonchev–Trinajstić information content (AvgIpc) is 2.85. The van der Waals surface area contributed by atoms with Gasteiger partial charge in [-0.25, -0.2) is 15.0 Å². The smallest absolute Gasteiger partial charge is 0.481 e. The van der Waals surface area contributed by atoms with E-state index in [0.717, 1.165) is 21.2 Å². The van der Waals surface area contributed by atoms with Gasteiger partial charge >= 0.3 is 13.1 Å². The van der Waals surface area contributed by atoms with Crippen LogP contribution >= 0.6 is 15.9 Å². The number of ether oxygens (including phenoxy) is 2. The van der Waals surface area contributed by atoms with E-state index in [1.165, 1.54) is 0 Å². The molecule has 3 heterocycles. The summed E-state index contributed by atoms with van der Waals surface area (Å²) >= 11 is 3.34. The van der Waals surface area contributed by atoms with E-state index < -0.39 is 7.12 Å². The fraction of sp³-hybridized carbons (Fsp3) is 0.526. The van der Waals surface area contributed by atoms with E-state index in [4.69, 9.17) is 18.8 Å². The summed E-state index contributed by atoms with van der Waals surface area (Å²) in [4.78, 5) is 12.3. The van der Waals surface area contributed by atoms with Gasteiger partial charge in [-0.05, 0) is 63.0 Å². The van der Waals surface area contributed by atoms with E-state index >= 15 is 0 Å². The van der Waals surface area contributed by atoms with Gasteiger partial charge in [-0.2, -0.15) is 0 Å². The van der Waals surface area contributed by atoms with E-state index in [1.807, 2.05) is 47.6 Å². The van der Waals surface area contributed by atoms with Crippen molar-refractivity contribution in [2.75, 3.05) is 14.2 Å². The topological polar surface area (TPSA) is 75.6 Å². The molecule has 1 fully saturated rings. The lowest BCUT2D eigenvalue weighted by molar-refractivity contribution is 0.00578. The Morgan fingerprint density at radius 2 is 1.57 bits per heavy atom. The van der Waals surface area contributed by atoms with Gasteiger partial charge in [-0.1, -0.05) is 0 Å². The third-order valence-electron chi connectivity index (χ3n) is 4.92. The number of methoxy groups -OCH3 is 2. The minimum Gasteiger partial charge on any atom is -0.481 e. The Bertz CT molecular complexity index is 817. The van der Waals surface area contributed by atoms with Crippen LogP contribution in [0.25, 0.3) is 0 Å². The number of hydrogen-bond donors (Lipinski definition) is 0. The first-order valence-corrected chi connectivity index (χ1v) is 9.69. The summed E-state index contributed by atoms with van der Waals surface area (Å²) in [7, 11) is 2.72. The SMILES string of the molecule is COc1cc(C)c(Br)cn1.COc1ncc(B2OC(C)(C)C(C)(C)O2)c(C)n1. The maximum atomic E-state index is 5.96. The predicted octanol–water partition coefficient (Wildman–Crippen LogP) is 3.25. The summed E-state index contributed by atoms with van der Waals surface area (Å²) in [5, 5.41) is 0. The molecule has 1 saturated heterocycles. The molecule has 3 rings (SSSR count). The van der Waals surface area contributed by atoms with Crippen LogP contribution in [0.4, 0.5) is 0 Å². The molecule has 0 atom stereocenters. The fourth-order valence-electron chi connectivity index (χ4n) is 2.38. The van der Waals surface area contributed by atoms with Crippen LogP contribution in [0.1, 0.15) is 39.0 Å². The molecule has 0 bridgehead atoms. The zero-order chi connectivity index (χ0) is 21.1. The Hall–Kier alpha value is -1.71. The van der Waals surface area contributed by atoms with Crippen molar-refractivity contribution >= 4 is 28.5 Å². The highest BCUT2D eigenvalue weighted by molar-refractivity contribution is 9.10. The molecule has 7 nitrogen and oxygen atoms in total. The molecule has 0 aliphatic carbocycles. The van der Waals surface area contributed by atoms with Gasteiger partial charge < -0.3 is 18.8 Å². The Labute approximate surface area is 175 Å². The van der Waals surface area contributed by atoms with Gasteiger partial charge in [0.1, 0.15) is 0 Å². The van der Waals surface area contributed by atoms with Crippen LogP contribution < -0.4 is 14.9 Å². The first-order chi connectivity index (χ1) is 13.0. The Kier molecular flexibility index (Phi) is 7.06. The number of nitrogens with zero attached hydrogens (tertiary/aromatic N) is 3. The van der Waals surface area contributed by atoms with E-state index in [-0.39, 0.29) is 11.2 Å². The number of pyridine rings is 1. The zero-order valence-corrected chi connectivity index (χ0v) is 19.2. The minimum absolute atomic E-state index is 0.354. The summed E-state index contributed by atoms with van der Waals surface area (Å²) in [5.74, 6) is 0.653. The van der Waals surface area contributed by atoms with E-state index in [2.05, 4.69) is 30.9 Å². The largest absolute Gasteiger partial charge is 0.498 e. The summed E-state index contributed by atoms with van der Waals surface area (Å²) in [5.41, 5.74) is 2.07. The number of aryl methyl sites for hydroxylation is 2. The first kappa shape index (κ1) is 22.6. The lowest BCUT2D eigenvalue weighted by Gasteiger charge is -2.32. The molecule has 152 valence electrons. The zero-order valence-electron chi connectivity index (χ0n) is 17.7. The van der Waals surface area contributed by atoms with Crippen molar-refractivity contribution in [2.45, 2.75) is 52.7 Å². The summed E-state index contributed by atoms with van der Waals surface area (Å²) < 4.78 is 22.8. The maximum absolute atomic E-state index is 5.96. The molecule has 2 aromatic rings. The summed E-state index contributed by atoms with van der Waals surface area (Å²) in [6.07, 6.45) is 3.43. The van der Waals surface area contributed by atoms with Gasteiger partial charge in [0.15, 0.2) is 0 Å². The summed E-state index contributed by atoms with van der Waals surface area (Å²) in [6.45, 7) is 12.0. The first-order valence-electron chi connectivity index (χ1n) is 8.90. The highest BCUT2D eigenvalue weighted by Crippen LogP contribution is 2.36. The van der Waals surface area contributed by atoms with Crippen molar-refractivity contribution in [2.24, 2.45) is 0 Å². The van der Waals surface area contributed by atoms with Gasteiger partial charge in [0.25, 0.3) is 0 Å². The van der Waals surface area contributed by atoms with Gasteiger partial charge in [0.05, 0.1) is 25.4 Å². The second-order valence-electron chi connectivity index (χ2n) is 7.46. The molecule has 0 amide bonds. The van der Waals surface area contributed by atoms with Crippen molar-refractivity contribution < 1.29 is 18.8 Å². The van der Waals surface area contributed by atoms with Crippen molar-refractivity contribution in [1.29, 1.82) is 0 Å². The quantitative estimate of drug-likeness (QED) is 0.662. The fourth-order valence-corrected chi connectivity index (χ4v) is 2.60. The molecule has 0 N–H and O–H groups in total. The predicted molar refractivity (Wildman–Crippen MR) is 112 cm³/mol. The molecular weight excluding hydrogens is 425 g/mol. The summed E-state index contributed by atoms with van der Waals surface area (Å²) in [6, 6.07) is 2.23. The Morgan fingerprint density at radius 3 is 2.04 bits per heavy atom. The van der Waals surface area contributed by atoms with Crippen molar-refractivity contribution in [3.8, 4) is 11.9 Å². The molecule has 0 unspecified atom stereocenters. The van der Waals surface area contributed by atoms with Gasteiger partial charge in [-0.3, -0.25) is 0 Å². The van der Waals surface area contributed by atoms with Crippen LogP contribution in [0.3, 0.4) is 0 Å². The van der Waals surface area contributed by atoms with Crippen LogP contribution in [-0.2, 0) is 9.31 Å². The van der Waals surface area contributed by atoms with Crippen LogP contribution in [-0.4, -0.2) is 47.5 Å². The number of hydrogen-bond acceptors (Lipinski definition) is 7. The lowest BCUT2D eigenvalue weighted by Crippen LogP contribution is -2.41. The van der Waals surface area contributed by atoms with E-state index in [9.17, 15) is 0 Å².